The van der Waals surface area contributed by atoms with Crippen molar-refractivity contribution in [1.29, 1.82) is 0 Å². The molecule has 10 heteroatoms. The van der Waals surface area contributed by atoms with Gasteiger partial charge in [-0.25, -0.2) is 5.43 Å². The maximum atomic E-state index is 12.4. The van der Waals surface area contributed by atoms with E-state index in [1.54, 1.807) is 18.6 Å². The molecule has 0 radical (unpaired) electrons. The van der Waals surface area contributed by atoms with E-state index in [9.17, 15) is 4.79 Å². The second-order valence-electron chi connectivity index (χ2n) is 6.91. The minimum Gasteiger partial charge on any atom is -0.494 e. The minimum absolute atomic E-state index is 0.121. The Labute approximate surface area is 209 Å². The van der Waals surface area contributed by atoms with Gasteiger partial charge in [-0.15, -0.1) is 10.2 Å². The highest BCUT2D eigenvalue weighted by Gasteiger charge is 2.17. The van der Waals surface area contributed by atoms with Gasteiger partial charge in [-0.3, -0.25) is 14.3 Å². The summed E-state index contributed by atoms with van der Waals surface area (Å²) in [5, 5.41) is 13.3. The Bertz CT molecular complexity index is 1280. The van der Waals surface area contributed by atoms with Crippen LogP contribution in [0.4, 0.5) is 0 Å². The molecule has 1 amide bonds. The number of nitrogens with one attached hydrogen (secondary N) is 1. The number of halogens is 1. The first-order chi connectivity index (χ1) is 16.7. The number of amides is 1. The average molecular weight is 537 g/mol. The molecule has 2 aromatic carbocycles. The third kappa shape index (κ3) is 5.89. The number of hydrazone groups is 1. The largest absolute Gasteiger partial charge is 0.494 e. The number of nitrogens with zero attached hydrogens (tertiary/aromatic N) is 5. The molecule has 0 spiro atoms. The Balaban J connectivity index is 1.51. The van der Waals surface area contributed by atoms with Crippen LogP contribution in [-0.4, -0.2) is 44.2 Å². The summed E-state index contributed by atoms with van der Waals surface area (Å²) in [6, 6.07) is 19.0. The van der Waals surface area contributed by atoms with E-state index in [1.165, 1.54) is 11.8 Å². The molecular formula is C24H21BrN6O2S. The normalized spacial score (nSPS) is 11.0. The molecule has 2 heterocycles. The molecule has 0 bridgehead atoms. The summed E-state index contributed by atoms with van der Waals surface area (Å²) in [6.07, 6.45) is 5.03. The van der Waals surface area contributed by atoms with E-state index in [-0.39, 0.29) is 11.7 Å². The number of aromatic nitrogens is 4. The van der Waals surface area contributed by atoms with E-state index in [0.717, 1.165) is 27.0 Å². The summed E-state index contributed by atoms with van der Waals surface area (Å²) in [7, 11) is 0. The smallest absolute Gasteiger partial charge is 0.250 e. The molecule has 1 N–H and O–H groups in total. The molecule has 0 atom stereocenters. The Kier molecular flexibility index (Phi) is 8.05. The number of benzene rings is 2. The maximum absolute atomic E-state index is 12.4. The zero-order chi connectivity index (χ0) is 23.8. The second kappa shape index (κ2) is 11.6. The van der Waals surface area contributed by atoms with Crippen LogP contribution in [0, 0.1) is 0 Å². The fraction of sp³-hybridized carbons (Fsp3) is 0.125. The maximum Gasteiger partial charge on any atom is 0.250 e. The standard InChI is InChI=1S/C24H21BrN6O2S/c1-2-33-20-11-9-19(10-12-20)31-23(18-7-5-13-26-14-18)29-30-24(31)34-16-22(32)28-27-15-17-6-3-4-8-21(17)25/h3-15H,2,16H2,1H3,(H,28,32). The van der Waals surface area contributed by atoms with Crippen molar-refractivity contribution >= 4 is 39.8 Å². The molecule has 4 aromatic rings. The quantitative estimate of drug-likeness (QED) is 0.189. The van der Waals surface area contributed by atoms with Crippen molar-refractivity contribution in [2.24, 2.45) is 5.10 Å². The number of hydrogen-bond donors (Lipinski definition) is 1. The van der Waals surface area contributed by atoms with Crippen LogP contribution in [0.1, 0.15) is 12.5 Å². The first-order valence-corrected chi connectivity index (χ1v) is 12.2. The first kappa shape index (κ1) is 23.7. The molecule has 0 saturated heterocycles. The Morgan fingerprint density at radius 1 is 1.15 bits per heavy atom. The van der Waals surface area contributed by atoms with Crippen molar-refractivity contribution in [1.82, 2.24) is 25.2 Å². The summed E-state index contributed by atoms with van der Waals surface area (Å²) >= 11 is 4.72. The Morgan fingerprint density at radius 2 is 1.97 bits per heavy atom. The summed E-state index contributed by atoms with van der Waals surface area (Å²) in [6.45, 7) is 2.53. The van der Waals surface area contributed by atoms with Gasteiger partial charge in [0.15, 0.2) is 11.0 Å². The molecule has 2 aromatic heterocycles. The molecule has 4 rings (SSSR count). The lowest BCUT2D eigenvalue weighted by atomic mass is 10.2. The van der Waals surface area contributed by atoms with Crippen LogP contribution in [0.3, 0.4) is 0 Å². The first-order valence-electron chi connectivity index (χ1n) is 10.4. The van der Waals surface area contributed by atoms with Crippen molar-refractivity contribution in [2.45, 2.75) is 12.1 Å². The topological polar surface area (TPSA) is 94.3 Å². The van der Waals surface area contributed by atoms with E-state index in [2.05, 4.69) is 41.6 Å². The third-order valence-corrected chi connectivity index (χ3v) is 6.24. The number of ether oxygens (including phenoxy) is 1. The molecule has 8 nitrogen and oxygen atoms in total. The predicted molar refractivity (Wildman–Crippen MR) is 136 cm³/mol. The molecule has 0 aliphatic heterocycles. The van der Waals surface area contributed by atoms with Crippen LogP contribution < -0.4 is 10.2 Å². The summed E-state index contributed by atoms with van der Waals surface area (Å²) in [5.41, 5.74) is 5.09. The highest BCUT2D eigenvalue weighted by Crippen LogP contribution is 2.28. The van der Waals surface area contributed by atoms with Crippen molar-refractivity contribution in [2.75, 3.05) is 12.4 Å². The number of carbonyl (C=O) groups is 1. The van der Waals surface area contributed by atoms with Crippen LogP contribution in [0.25, 0.3) is 17.1 Å². The SMILES string of the molecule is CCOc1ccc(-n2c(SCC(=O)NN=Cc3ccccc3Br)nnc2-c2cccnc2)cc1. The van der Waals surface area contributed by atoms with E-state index in [1.807, 2.05) is 72.2 Å². The van der Waals surface area contributed by atoms with E-state index in [4.69, 9.17) is 4.74 Å². The van der Waals surface area contributed by atoms with Gasteiger partial charge in [0, 0.05) is 33.7 Å². The fourth-order valence-electron chi connectivity index (χ4n) is 3.05. The Hall–Kier alpha value is -3.50. The summed E-state index contributed by atoms with van der Waals surface area (Å²) < 4.78 is 8.35. The van der Waals surface area contributed by atoms with Gasteiger partial charge in [-0.05, 0) is 49.4 Å². The van der Waals surface area contributed by atoms with Crippen LogP contribution in [0.2, 0.25) is 0 Å². The number of rotatable bonds is 9. The Morgan fingerprint density at radius 3 is 2.71 bits per heavy atom. The van der Waals surface area contributed by atoms with Gasteiger partial charge in [-0.1, -0.05) is 45.9 Å². The summed E-state index contributed by atoms with van der Waals surface area (Å²) in [5.74, 6) is 1.28. The molecule has 0 aliphatic rings. The van der Waals surface area contributed by atoms with Crippen molar-refractivity contribution in [3.8, 4) is 22.8 Å². The molecule has 0 aliphatic carbocycles. The minimum atomic E-state index is -0.252. The van der Waals surface area contributed by atoms with Gasteiger partial charge in [0.05, 0.1) is 18.6 Å². The van der Waals surface area contributed by atoms with Gasteiger partial charge in [0.1, 0.15) is 5.75 Å². The molecule has 0 unspecified atom stereocenters. The van der Waals surface area contributed by atoms with E-state index in [0.29, 0.717) is 17.6 Å². The second-order valence-corrected chi connectivity index (χ2v) is 8.71. The lowest BCUT2D eigenvalue weighted by Crippen LogP contribution is -2.20. The van der Waals surface area contributed by atoms with Crippen LogP contribution in [0.15, 0.2) is 87.8 Å². The van der Waals surface area contributed by atoms with Crippen LogP contribution in [-0.2, 0) is 4.79 Å². The van der Waals surface area contributed by atoms with Crippen molar-refractivity contribution < 1.29 is 9.53 Å². The molecule has 34 heavy (non-hydrogen) atoms. The van der Waals surface area contributed by atoms with Crippen LogP contribution >= 0.6 is 27.7 Å². The number of hydrogen-bond acceptors (Lipinski definition) is 7. The third-order valence-electron chi connectivity index (χ3n) is 4.59. The lowest BCUT2D eigenvalue weighted by molar-refractivity contribution is -0.118. The molecule has 172 valence electrons. The number of thioether (sulfide) groups is 1. The van der Waals surface area contributed by atoms with Crippen molar-refractivity contribution in [3.63, 3.8) is 0 Å². The van der Waals surface area contributed by atoms with Gasteiger partial charge >= 0.3 is 0 Å². The number of carbonyl (C=O) groups excluding carboxylic acids is 1. The summed E-state index contributed by atoms with van der Waals surface area (Å²) in [4.78, 5) is 16.6. The highest BCUT2D eigenvalue weighted by molar-refractivity contribution is 9.10. The fourth-order valence-corrected chi connectivity index (χ4v) is 4.18. The highest BCUT2D eigenvalue weighted by atomic mass is 79.9. The number of pyridine rings is 1. The molecule has 0 saturated carbocycles. The average Bonchev–Trinajstić information content (AvgIpc) is 3.29. The lowest BCUT2D eigenvalue weighted by Gasteiger charge is -2.11. The monoisotopic (exact) mass is 536 g/mol. The van der Waals surface area contributed by atoms with Gasteiger partial charge in [0.25, 0.3) is 5.91 Å². The van der Waals surface area contributed by atoms with Gasteiger partial charge in [-0.2, -0.15) is 5.10 Å². The molecular weight excluding hydrogens is 516 g/mol. The van der Waals surface area contributed by atoms with E-state index < -0.39 is 0 Å². The zero-order valence-corrected chi connectivity index (χ0v) is 20.7. The van der Waals surface area contributed by atoms with Crippen LogP contribution in [0.5, 0.6) is 5.75 Å². The van der Waals surface area contributed by atoms with Gasteiger partial charge in [0.2, 0.25) is 0 Å². The van der Waals surface area contributed by atoms with Gasteiger partial charge < -0.3 is 4.74 Å². The van der Waals surface area contributed by atoms with Crippen molar-refractivity contribution in [3.05, 3.63) is 83.1 Å². The van der Waals surface area contributed by atoms with E-state index >= 15 is 0 Å². The predicted octanol–water partition coefficient (Wildman–Crippen LogP) is 4.73. The molecule has 0 fully saturated rings. The zero-order valence-electron chi connectivity index (χ0n) is 18.3.